The molecule has 0 spiro atoms. The molecule has 1 aromatic carbocycles. The Labute approximate surface area is 148 Å². The van der Waals surface area contributed by atoms with Crippen LogP contribution in [0.15, 0.2) is 34.7 Å². The van der Waals surface area contributed by atoms with Crippen molar-refractivity contribution in [2.45, 2.75) is 45.3 Å². The highest BCUT2D eigenvalue weighted by molar-refractivity contribution is 5.93. The maximum Gasteiger partial charge on any atom is 0.290 e. The van der Waals surface area contributed by atoms with Crippen LogP contribution in [0.3, 0.4) is 0 Å². The van der Waals surface area contributed by atoms with E-state index in [-0.39, 0.29) is 11.9 Å². The lowest BCUT2D eigenvalue weighted by Crippen LogP contribution is -2.48. The fraction of sp³-hybridized carbons (Fsp3) is 0.450. The predicted octanol–water partition coefficient (Wildman–Crippen LogP) is 3.42. The Morgan fingerprint density at radius 1 is 1.32 bits per heavy atom. The first-order valence-corrected chi connectivity index (χ1v) is 8.59. The van der Waals surface area contributed by atoms with Crippen molar-refractivity contribution in [3.63, 3.8) is 0 Å². The molecular formula is C20H25NO4. The Hall–Kier alpha value is -2.27. The van der Waals surface area contributed by atoms with Crippen molar-refractivity contribution in [1.29, 1.82) is 0 Å². The number of likely N-dealkylation sites (tertiary alicyclic amines) is 1. The smallest absolute Gasteiger partial charge is 0.290 e. The van der Waals surface area contributed by atoms with Crippen LogP contribution in [-0.2, 0) is 5.60 Å². The van der Waals surface area contributed by atoms with Crippen molar-refractivity contribution < 1.29 is 19.1 Å². The number of carbonyl (C=O) groups is 1. The number of methoxy groups -OCH3 is 1. The van der Waals surface area contributed by atoms with E-state index < -0.39 is 5.60 Å². The minimum absolute atomic E-state index is 0.151. The first-order chi connectivity index (χ1) is 11.8. The minimum atomic E-state index is -1.14. The summed E-state index contributed by atoms with van der Waals surface area (Å²) in [6, 6.07) is 8.92. The number of carbonyl (C=O) groups excluding carboxylic acids is 1. The monoisotopic (exact) mass is 343 g/mol. The van der Waals surface area contributed by atoms with Gasteiger partial charge < -0.3 is 19.2 Å². The highest BCUT2D eigenvalue weighted by Gasteiger charge is 2.43. The molecule has 1 fully saturated rings. The fourth-order valence-corrected chi connectivity index (χ4v) is 3.70. The molecule has 5 nitrogen and oxygen atoms in total. The molecule has 2 aromatic rings. The second kappa shape index (κ2) is 6.56. The highest BCUT2D eigenvalue weighted by Crippen LogP contribution is 2.36. The number of amides is 1. The summed E-state index contributed by atoms with van der Waals surface area (Å²) in [5.74, 6) is 1.68. The van der Waals surface area contributed by atoms with Crippen molar-refractivity contribution in [2.75, 3.05) is 13.7 Å². The number of hydrogen-bond donors (Lipinski definition) is 1. The first kappa shape index (κ1) is 17.5. The quantitative estimate of drug-likeness (QED) is 0.924. The Balaban J connectivity index is 1.89. The molecule has 1 aliphatic rings. The van der Waals surface area contributed by atoms with Crippen molar-refractivity contribution in [3.05, 3.63) is 53.0 Å². The average Bonchev–Trinajstić information content (AvgIpc) is 3.21. The molecule has 5 heteroatoms. The van der Waals surface area contributed by atoms with Crippen molar-refractivity contribution in [2.24, 2.45) is 0 Å². The van der Waals surface area contributed by atoms with E-state index >= 15 is 0 Å². The molecular weight excluding hydrogens is 318 g/mol. The van der Waals surface area contributed by atoms with Crippen LogP contribution < -0.4 is 4.74 Å². The van der Waals surface area contributed by atoms with Gasteiger partial charge in [-0.25, -0.2) is 0 Å². The summed E-state index contributed by atoms with van der Waals surface area (Å²) < 4.78 is 10.8. The summed E-state index contributed by atoms with van der Waals surface area (Å²) in [5, 5.41) is 11.2. The van der Waals surface area contributed by atoms with E-state index in [1.807, 2.05) is 44.2 Å². The summed E-state index contributed by atoms with van der Waals surface area (Å²) in [4.78, 5) is 14.7. The van der Waals surface area contributed by atoms with Gasteiger partial charge in [-0.05, 0) is 57.4 Å². The van der Waals surface area contributed by atoms with Crippen LogP contribution in [0.1, 0.15) is 47.2 Å². The number of aliphatic hydroxyl groups is 1. The van der Waals surface area contributed by atoms with E-state index in [1.54, 1.807) is 18.9 Å². The SMILES string of the molecule is COc1ccc([C@](C)(O)[C@H]2CCCN2C(=O)c2oc(C)cc2C)cc1. The van der Waals surface area contributed by atoms with Crippen LogP contribution in [0, 0.1) is 13.8 Å². The van der Waals surface area contributed by atoms with Gasteiger partial charge in [0.2, 0.25) is 0 Å². The second-order valence-electron chi connectivity index (χ2n) is 6.90. The summed E-state index contributed by atoms with van der Waals surface area (Å²) in [6.07, 6.45) is 1.62. The lowest BCUT2D eigenvalue weighted by molar-refractivity contribution is -0.0186. The Kier molecular flexibility index (Phi) is 4.60. The van der Waals surface area contributed by atoms with Crippen molar-refractivity contribution >= 4 is 5.91 Å². The Bertz CT molecular complexity index is 761. The molecule has 1 N–H and O–H groups in total. The molecule has 0 bridgehead atoms. The standard InChI is InChI=1S/C20H25NO4/c1-13-12-14(2)25-18(13)19(22)21-11-5-6-17(21)20(3,23)15-7-9-16(24-4)10-8-15/h7-10,12,17,23H,5-6,11H2,1-4H3/t17-,20+/m1/s1. The van der Waals surface area contributed by atoms with Gasteiger partial charge in [-0.1, -0.05) is 12.1 Å². The number of hydrogen-bond acceptors (Lipinski definition) is 4. The van der Waals surface area contributed by atoms with Crippen LogP contribution in [0.5, 0.6) is 5.75 Å². The number of rotatable bonds is 4. The predicted molar refractivity (Wildman–Crippen MR) is 94.8 cm³/mol. The van der Waals surface area contributed by atoms with Crippen LogP contribution >= 0.6 is 0 Å². The van der Waals surface area contributed by atoms with Crippen LogP contribution in [0.2, 0.25) is 0 Å². The molecule has 1 aliphatic heterocycles. The molecule has 1 aromatic heterocycles. The summed E-state index contributed by atoms with van der Waals surface area (Å²) in [6.45, 7) is 6.09. The third kappa shape index (κ3) is 3.16. The third-order valence-electron chi connectivity index (χ3n) is 5.07. The molecule has 0 aliphatic carbocycles. The van der Waals surface area contributed by atoms with E-state index in [4.69, 9.17) is 9.15 Å². The van der Waals surface area contributed by atoms with Gasteiger partial charge in [-0.15, -0.1) is 0 Å². The molecule has 2 heterocycles. The van der Waals surface area contributed by atoms with E-state index in [1.165, 1.54) is 0 Å². The number of benzene rings is 1. The van der Waals surface area contributed by atoms with Crippen molar-refractivity contribution in [1.82, 2.24) is 4.90 Å². The van der Waals surface area contributed by atoms with Gasteiger partial charge >= 0.3 is 0 Å². The minimum Gasteiger partial charge on any atom is -0.497 e. The third-order valence-corrected chi connectivity index (χ3v) is 5.07. The van der Waals surface area contributed by atoms with Gasteiger partial charge in [0.25, 0.3) is 5.91 Å². The maximum absolute atomic E-state index is 13.0. The number of ether oxygens (including phenoxy) is 1. The van der Waals surface area contributed by atoms with E-state index in [0.29, 0.717) is 12.3 Å². The molecule has 25 heavy (non-hydrogen) atoms. The summed E-state index contributed by atoms with van der Waals surface area (Å²) in [5.41, 5.74) is 0.455. The number of furan rings is 1. The van der Waals surface area contributed by atoms with Crippen LogP contribution in [0.4, 0.5) is 0 Å². The summed E-state index contributed by atoms with van der Waals surface area (Å²) >= 11 is 0. The zero-order chi connectivity index (χ0) is 18.2. The summed E-state index contributed by atoms with van der Waals surface area (Å²) in [7, 11) is 1.61. The van der Waals surface area contributed by atoms with Gasteiger partial charge in [-0.2, -0.15) is 0 Å². The number of nitrogens with zero attached hydrogens (tertiary/aromatic N) is 1. The first-order valence-electron chi connectivity index (χ1n) is 8.59. The molecule has 2 atom stereocenters. The van der Waals surface area contributed by atoms with Gasteiger partial charge in [-0.3, -0.25) is 4.79 Å². The second-order valence-corrected chi connectivity index (χ2v) is 6.90. The molecule has 0 radical (unpaired) electrons. The van der Waals surface area contributed by atoms with E-state index in [2.05, 4.69) is 0 Å². The van der Waals surface area contributed by atoms with E-state index in [0.717, 1.165) is 35.5 Å². The molecule has 0 unspecified atom stereocenters. The van der Waals surface area contributed by atoms with Crippen LogP contribution in [0.25, 0.3) is 0 Å². The van der Waals surface area contributed by atoms with Gasteiger partial charge in [0.05, 0.1) is 13.2 Å². The molecule has 134 valence electrons. The lowest BCUT2D eigenvalue weighted by Gasteiger charge is -2.36. The van der Waals surface area contributed by atoms with Gasteiger partial charge in [0, 0.05) is 12.1 Å². The Morgan fingerprint density at radius 2 is 2.00 bits per heavy atom. The van der Waals surface area contributed by atoms with Crippen molar-refractivity contribution in [3.8, 4) is 5.75 Å². The van der Waals surface area contributed by atoms with Gasteiger partial charge in [0.15, 0.2) is 5.76 Å². The lowest BCUT2D eigenvalue weighted by atomic mass is 9.86. The maximum atomic E-state index is 13.0. The van der Waals surface area contributed by atoms with Gasteiger partial charge in [0.1, 0.15) is 17.1 Å². The average molecular weight is 343 g/mol. The topological polar surface area (TPSA) is 62.9 Å². The molecule has 1 saturated heterocycles. The van der Waals surface area contributed by atoms with Crippen LogP contribution in [-0.4, -0.2) is 35.6 Å². The fourth-order valence-electron chi connectivity index (χ4n) is 3.70. The molecule has 3 rings (SSSR count). The normalized spacial score (nSPS) is 19.7. The van der Waals surface area contributed by atoms with E-state index in [9.17, 15) is 9.90 Å². The molecule has 0 saturated carbocycles. The highest BCUT2D eigenvalue weighted by atomic mass is 16.5. The zero-order valence-electron chi connectivity index (χ0n) is 15.2. The zero-order valence-corrected chi connectivity index (χ0v) is 15.2. The molecule has 1 amide bonds. The Morgan fingerprint density at radius 3 is 2.56 bits per heavy atom. The largest absolute Gasteiger partial charge is 0.497 e. The number of aryl methyl sites for hydroxylation is 2.